The number of hydrogen-bond donors (Lipinski definition) is 5. The highest BCUT2D eigenvalue weighted by atomic mass is 32.2. The van der Waals surface area contributed by atoms with Crippen molar-refractivity contribution in [1.29, 1.82) is 0 Å². The summed E-state index contributed by atoms with van der Waals surface area (Å²) in [6, 6.07) is 0. The second kappa shape index (κ2) is 6.31. The third-order valence-corrected chi connectivity index (χ3v) is 6.64. The van der Waals surface area contributed by atoms with Crippen LogP contribution < -0.4 is 0 Å². The number of fused-ring (bicyclic) bond motifs is 2. The van der Waals surface area contributed by atoms with E-state index in [0.717, 1.165) is 19.3 Å². The lowest BCUT2D eigenvalue weighted by Crippen LogP contribution is -2.57. The molecule has 6 nitrogen and oxygen atoms in total. The zero-order valence-corrected chi connectivity index (χ0v) is 12.6. The lowest BCUT2D eigenvalue weighted by Gasteiger charge is -2.40. The lowest BCUT2D eigenvalue weighted by molar-refractivity contribution is -0.205. The molecule has 0 aromatic carbocycles. The highest BCUT2D eigenvalue weighted by molar-refractivity contribution is 7.99. The average Bonchev–Trinajstić information content (AvgIpc) is 3.06. The van der Waals surface area contributed by atoms with E-state index in [1.807, 2.05) is 0 Å². The van der Waals surface area contributed by atoms with Gasteiger partial charge in [0.2, 0.25) is 0 Å². The van der Waals surface area contributed by atoms with Gasteiger partial charge in [-0.05, 0) is 37.0 Å². The maximum atomic E-state index is 10.2. The van der Waals surface area contributed by atoms with E-state index in [9.17, 15) is 20.4 Å². The SMILES string of the molecule is OCC1O[C@@H](SCC2C3CCC(C3)C2O)C(O)C(O)[C@H]1O. The van der Waals surface area contributed by atoms with Gasteiger partial charge >= 0.3 is 0 Å². The fourth-order valence-corrected chi connectivity index (χ4v) is 5.49. The van der Waals surface area contributed by atoms with Crippen LogP contribution in [0.2, 0.25) is 0 Å². The quantitative estimate of drug-likeness (QED) is 0.448. The van der Waals surface area contributed by atoms with Gasteiger partial charge in [-0.15, -0.1) is 11.8 Å². The smallest absolute Gasteiger partial charge is 0.132 e. The number of thioether (sulfide) groups is 1. The van der Waals surface area contributed by atoms with Crippen molar-refractivity contribution >= 4 is 11.8 Å². The van der Waals surface area contributed by atoms with E-state index in [1.54, 1.807) is 0 Å². The van der Waals surface area contributed by atoms with Crippen LogP contribution in [0.25, 0.3) is 0 Å². The van der Waals surface area contributed by atoms with Crippen molar-refractivity contribution in [2.45, 2.75) is 55.2 Å². The summed E-state index contributed by atoms with van der Waals surface area (Å²) in [4.78, 5) is 0. The molecular weight excluding hydrogens is 296 g/mol. The molecule has 2 saturated carbocycles. The predicted molar refractivity (Wildman–Crippen MR) is 76.6 cm³/mol. The Kier molecular flexibility index (Phi) is 4.80. The van der Waals surface area contributed by atoms with Gasteiger partial charge in [0.05, 0.1) is 12.7 Å². The number of rotatable bonds is 4. The van der Waals surface area contributed by atoms with Crippen molar-refractivity contribution in [2.24, 2.45) is 17.8 Å². The van der Waals surface area contributed by atoms with E-state index in [4.69, 9.17) is 9.84 Å². The minimum absolute atomic E-state index is 0.209. The summed E-state index contributed by atoms with van der Waals surface area (Å²) in [6.45, 7) is -0.404. The van der Waals surface area contributed by atoms with E-state index < -0.39 is 36.5 Å². The van der Waals surface area contributed by atoms with E-state index in [1.165, 1.54) is 11.8 Å². The number of ether oxygens (including phenoxy) is 1. The molecule has 3 fully saturated rings. The molecule has 7 unspecified atom stereocenters. The molecule has 0 spiro atoms. The molecule has 3 aliphatic rings. The molecule has 1 heterocycles. The van der Waals surface area contributed by atoms with Gasteiger partial charge in [0.15, 0.2) is 0 Å². The molecule has 3 rings (SSSR count). The van der Waals surface area contributed by atoms with Crippen molar-refractivity contribution in [1.82, 2.24) is 0 Å². The highest BCUT2D eigenvalue weighted by Gasteiger charge is 2.48. The minimum Gasteiger partial charge on any atom is -0.394 e. The van der Waals surface area contributed by atoms with Crippen molar-refractivity contribution in [3.63, 3.8) is 0 Å². The Morgan fingerprint density at radius 3 is 2.24 bits per heavy atom. The van der Waals surface area contributed by atoms with Crippen molar-refractivity contribution < 1.29 is 30.3 Å². The van der Waals surface area contributed by atoms with E-state index in [-0.39, 0.29) is 12.0 Å². The molecule has 122 valence electrons. The third-order valence-electron chi connectivity index (χ3n) is 5.34. The van der Waals surface area contributed by atoms with Gasteiger partial charge in [-0.1, -0.05) is 0 Å². The first-order chi connectivity index (χ1) is 10.0. The summed E-state index contributed by atoms with van der Waals surface area (Å²) in [5.74, 6) is 1.82. The maximum absolute atomic E-state index is 10.2. The van der Waals surface area contributed by atoms with Crippen LogP contribution in [0.15, 0.2) is 0 Å². The van der Waals surface area contributed by atoms with Gasteiger partial charge in [0.1, 0.15) is 29.9 Å². The normalized spacial score (nSPS) is 53.3. The number of hydrogen-bond acceptors (Lipinski definition) is 7. The summed E-state index contributed by atoms with van der Waals surface area (Å²) in [5.41, 5.74) is -0.688. The molecule has 2 aliphatic carbocycles. The maximum Gasteiger partial charge on any atom is 0.132 e. The van der Waals surface area contributed by atoms with Gasteiger partial charge in [-0.25, -0.2) is 0 Å². The van der Waals surface area contributed by atoms with E-state index in [2.05, 4.69) is 0 Å². The molecule has 0 aromatic heterocycles. The van der Waals surface area contributed by atoms with Crippen molar-refractivity contribution in [2.75, 3.05) is 12.4 Å². The van der Waals surface area contributed by atoms with E-state index >= 15 is 0 Å². The van der Waals surface area contributed by atoms with E-state index in [0.29, 0.717) is 17.6 Å². The van der Waals surface area contributed by atoms with Crippen LogP contribution >= 0.6 is 11.8 Å². The standard InChI is InChI=1S/C14H24O6S/c15-4-9-11(17)12(18)13(19)14(20-9)21-5-8-6-1-2-7(3-6)10(8)16/h6-19H,1-5H2/t6?,7?,8?,9?,10?,11-,12?,13?,14-/m0/s1. The molecule has 0 radical (unpaired) electrons. The van der Waals surface area contributed by atoms with Crippen LogP contribution in [0.1, 0.15) is 19.3 Å². The van der Waals surface area contributed by atoms with Crippen LogP contribution in [-0.2, 0) is 4.74 Å². The first-order valence-electron chi connectivity index (χ1n) is 7.63. The monoisotopic (exact) mass is 320 g/mol. The lowest BCUT2D eigenvalue weighted by atomic mass is 9.88. The minimum atomic E-state index is -1.32. The van der Waals surface area contributed by atoms with Gasteiger partial charge in [-0.3, -0.25) is 0 Å². The summed E-state index contributed by atoms with van der Waals surface area (Å²) in [6.07, 6.45) is -1.61. The molecule has 0 amide bonds. The second-order valence-electron chi connectivity index (χ2n) is 6.52. The van der Waals surface area contributed by atoms with Crippen LogP contribution in [0.5, 0.6) is 0 Å². The molecular formula is C14H24O6S. The van der Waals surface area contributed by atoms with Crippen LogP contribution in [0.4, 0.5) is 0 Å². The van der Waals surface area contributed by atoms with Gasteiger partial charge in [0.25, 0.3) is 0 Å². The Hall–Kier alpha value is 0.110. The van der Waals surface area contributed by atoms with Crippen molar-refractivity contribution in [3.05, 3.63) is 0 Å². The predicted octanol–water partition coefficient (Wildman–Crippen LogP) is -1.07. The first kappa shape index (κ1) is 16.0. The zero-order valence-electron chi connectivity index (χ0n) is 11.8. The Bertz CT molecular complexity index is 365. The Balaban J connectivity index is 1.57. The van der Waals surface area contributed by atoms with Crippen LogP contribution in [0.3, 0.4) is 0 Å². The van der Waals surface area contributed by atoms with Gasteiger partial charge < -0.3 is 30.3 Å². The fourth-order valence-electron chi connectivity index (χ4n) is 4.03. The third kappa shape index (κ3) is 2.85. The molecule has 9 atom stereocenters. The zero-order chi connectivity index (χ0) is 15.1. The fraction of sp³-hybridized carbons (Fsp3) is 1.00. The Morgan fingerprint density at radius 1 is 0.905 bits per heavy atom. The Labute approximate surface area is 128 Å². The highest BCUT2D eigenvalue weighted by Crippen LogP contribution is 2.50. The molecule has 21 heavy (non-hydrogen) atoms. The summed E-state index contributed by atoms with van der Waals surface area (Å²) in [5, 5.41) is 48.9. The molecule has 2 bridgehead atoms. The van der Waals surface area contributed by atoms with Crippen molar-refractivity contribution in [3.8, 4) is 0 Å². The van der Waals surface area contributed by atoms with Gasteiger partial charge in [-0.2, -0.15) is 0 Å². The topological polar surface area (TPSA) is 110 Å². The number of aliphatic hydroxyl groups is 5. The van der Waals surface area contributed by atoms with Crippen LogP contribution in [-0.4, -0.2) is 73.8 Å². The Morgan fingerprint density at radius 2 is 1.62 bits per heavy atom. The molecule has 1 saturated heterocycles. The molecule has 0 aromatic rings. The molecule has 7 heteroatoms. The van der Waals surface area contributed by atoms with Gasteiger partial charge in [0, 0.05) is 5.75 Å². The summed E-state index contributed by atoms with van der Waals surface area (Å²) >= 11 is 1.36. The molecule has 1 aliphatic heterocycles. The summed E-state index contributed by atoms with van der Waals surface area (Å²) < 4.78 is 5.48. The average molecular weight is 320 g/mol. The number of aliphatic hydroxyl groups excluding tert-OH is 5. The largest absolute Gasteiger partial charge is 0.394 e. The second-order valence-corrected chi connectivity index (χ2v) is 7.65. The first-order valence-corrected chi connectivity index (χ1v) is 8.68. The summed E-state index contributed by atoms with van der Waals surface area (Å²) in [7, 11) is 0. The van der Waals surface area contributed by atoms with Crippen LogP contribution in [0, 0.1) is 17.8 Å². The molecule has 5 N–H and O–H groups in total.